The second-order valence-corrected chi connectivity index (χ2v) is 21.4. The van der Waals surface area contributed by atoms with E-state index in [2.05, 4.69) is 162 Å². The van der Waals surface area contributed by atoms with Gasteiger partial charge in [-0.15, -0.1) is 0 Å². The summed E-state index contributed by atoms with van der Waals surface area (Å²) in [4.78, 5) is 4.98. The molecular weight excluding hydrogens is 803 g/mol. The Morgan fingerprint density at radius 2 is 1.02 bits per heavy atom. The van der Waals surface area contributed by atoms with Gasteiger partial charge in [-0.3, -0.25) is 0 Å². The SMILES string of the molecule is CCCCCCCCCCCCc1ccc(C=Cc2cc(-c3ccc(CCCCCCCCCCCC)cc3)n(-c3ccc(-c4nc5cc(C(C)(C)CC(C)(C)C)ccc5o4)cc3)n2)cc1. The molecule has 0 saturated heterocycles. The number of nitrogens with zero attached hydrogens (tertiary/aromatic N) is 3. The number of fused-ring (bicyclic) bond motifs is 1. The number of aromatic nitrogens is 3. The van der Waals surface area contributed by atoms with Crippen molar-refractivity contribution in [1.29, 1.82) is 0 Å². The van der Waals surface area contributed by atoms with Crippen LogP contribution in [0.4, 0.5) is 0 Å². The van der Waals surface area contributed by atoms with Crippen LogP contribution in [-0.2, 0) is 18.3 Å². The Labute approximate surface area is 401 Å². The van der Waals surface area contributed by atoms with E-state index >= 15 is 0 Å². The van der Waals surface area contributed by atoms with Crippen molar-refractivity contribution in [1.82, 2.24) is 14.8 Å². The topological polar surface area (TPSA) is 43.9 Å². The molecule has 0 aliphatic heterocycles. The minimum atomic E-state index is 0.0340. The van der Waals surface area contributed by atoms with Gasteiger partial charge in [0, 0.05) is 11.1 Å². The number of unbranched alkanes of at least 4 members (excludes halogenated alkanes) is 18. The molecule has 0 unspecified atom stereocenters. The third-order valence-electron chi connectivity index (χ3n) is 13.5. The third kappa shape index (κ3) is 16.3. The summed E-state index contributed by atoms with van der Waals surface area (Å²) in [6.07, 6.45) is 35.1. The maximum Gasteiger partial charge on any atom is 0.227 e. The Kier molecular flexibility index (Phi) is 20.0. The molecule has 354 valence electrons. The van der Waals surface area contributed by atoms with Gasteiger partial charge in [0.15, 0.2) is 5.58 Å². The van der Waals surface area contributed by atoms with Gasteiger partial charge in [0.1, 0.15) is 5.52 Å². The molecule has 4 heteroatoms. The first kappa shape index (κ1) is 50.7. The number of benzene rings is 4. The predicted molar refractivity (Wildman–Crippen MR) is 286 cm³/mol. The van der Waals surface area contributed by atoms with Crippen molar-refractivity contribution in [3.05, 3.63) is 125 Å². The number of hydrogen-bond acceptors (Lipinski definition) is 3. The summed E-state index contributed by atoms with van der Waals surface area (Å²) < 4.78 is 8.42. The quantitative estimate of drug-likeness (QED) is 0.0441. The first-order chi connectivity index (χ1) is 32.0. The van der Waals surface area contributed by atoms with Crippen LogP contribution >= 0.6 is 0 Å². The molecule has 0 bridgehead atoms. The van der Waals surface area contributed by atoms with E-state index in [1.807, 2.05) is 0 Å². The van der Waals surface area contributed by atoms with Gasteiger partial charge in [0.25, 0.3) is 0 Å². The molecule has 2 aromatic heterocycles. The molecule has 0 aliphatic rings. The number of oxazole rings is 1. The predicted octanol–water partition coefficient (Wildman–Crippen LogP) is 19.2. The normalized spacial score (nSPS) is 12.3. The highest BCUT2D eigenvalue weighted by molar-refractivity contribution is 5.78. The number of rotatable bonds is 29. The van der Waals surface area contributed by atoms with Crippen LogP contribution in [0.3, 0.4) is 0 Å². The molecule has 4 aromatic carbocycles. The number of aryl methyl sites for hydroxylation is 2. The van der Waals surface area contributed by atoms with Gasteiger partial charge in [0.05, 0.1) is 17.1 Å². The highest BCUT2D eigenvalue weighted by Gasteiger charge is 2.28. The minimum Gasteiger partial charge on any atom is -0.436 e. The van der Waals surface area contributed by atoms with Crippen LogP contribution < -0.4 is 0 Å². The molecule has 0 saturated carbocycles. The maximum absolute atomic E-state index is 6.33. The van der Waals surface area contributed by atoms with E-state index < -0.39 is 0 Å². The molecule has 0 fully saturated rings. The first-order valence-corrected chi connectivity index (χ1v) is 26.5. The largest absolute Gasteiger partial charge is 0.436 e. The Morgan fingerprint density at radius 1 is 0.515 bits per heavy atom. The van der Waals surface area contributed by atoms with E-state index in [1.165, 1.54) is 156 Å². The Morgan fingerprint density at radius 3 is 1.55 bits per heavy atom. The van der Waals surface area contributed by atoms with E-state index in [-0.39, 0.29) is 10.8 Å². The molecule has 0 spiro atoms. The van der Waals surface area contributed by atoms with Crippen LogP contribution in [0.5, 0.6) is 0 Å². The van der Waals surface area contributed by atoms with Crippen molar-refractivity contribution >= 4 is 23.3 Å². The molecule has 6 aromatic rings. The van der Waals surface area contributed by atoms with Crippen LogP contribution in [0.1, 0.15) is 211 Å². The molecule has 0 radical (unpaired) electrons. The van der Waals surface area contributed by atoms with Crippen LogP contribution in [0, 0.1) is 5.41 Å². The lowest BCUT2D eigenvalue weighted by Gasteiger charge is -2.32. The van der Waals surface area contributed by atoms with E-state index in [1.54, 1.807) is 0 Å². The second kappa shape index (κ2) is 26.0. The summed E-state index contributed by atoms with van der Waals surface area (Å²) in [5.74, 6) is 0.638. The van der Waals surface area contributed by atoms with Crippen molar-refractivity contribution in [3.8, 4) is 28.4 Å². The Hall–Kier alpha value is -4.70. The zero-order valence-corrected chi connectivity index (χ0v) is 42.4. The molecule has 66 heavy (non-hydrogen) atoms. The zero-order valence-electron chi connectivity index (χ0n) is 42.4. The summed E-state index contributed by atoms with van der Waals surface area (Å²) in [5, 5.41) is 5.19. The lowest BCUT2D eigenvalue weighted by molar-refractivity contribution is 0.284. The lowest BCUT2D eigenvalue weighted by Crippen LogP contribution is -2.24. The van der Waals surface area contributed by atoms with Crippen molar-refractivity contribution in [2.24, 2.45) is 5.41 Å². The lowest BCUT2D eigenvalue weighted by atomic mass is 9.72. The minimum absolute atomic E-state index is 0.0340. The maximum atomic E-state index is 6.33. The van der Waals surface area contributed by atoms with Crippen molar-refractivity contribution in [2.45, 2.75) is 202 Å². The zero-order chi connectivity index (χ0) is 46.6. The monoisotopic (exact) mass is 888 g/mol. The summed E-state index contributed by atoms with van der Waals surface area (Å²) in [6, 6.07) is 35.5. The number of hydrogen-bond donors (Lipinski definition) is 0. The van der Waals surface area contributed by atoms with E-state index in [9.17, 15) is 0 Å². The van der Waals surface area contributed by atoms with E-state index in [0.29, 0.717) is 5.89 Å². The summed E-state index contributed by atoms with van der Waals surface area (Å²) >= 11 is 0. The molecule has 0 amide bonds. The standard InChI is InChI=1S/C62H85N3O/c1-8-10-12-14-16-18-20-22-24-26-28-49-30-32-51(33-31-49)36-42-55-47-58(52-37-34-50(35-38-52)29-27-25-23-21-19-17-15-13-11-9-2)65(64-55)56-43-39-53(40-44-56)60-63-57-46-54(41-45-59(57)66-60)62(6,7)48-61(3,4)5/h30-47H,8-29,48H2,1-7H3. The van der Waals surface area contributed by atoms with Crippen LogP contribution in [0.15, 0.2) is 101 Å². The fraction of sp³-hybridized carbons (Fsp3) is 0.516. The molecule has 4 nitrogen and oxygen atoms in total. The third-order valence-corrected chi connectivity index (χ3v) is 13.5. The van der Waals surface area contributed by atoms with Gasteiger partial charge in [-0.2, -0.15) is 5.10 Å². The molecule has 6 rings (SSSR count). The second-order valence-electron chi connectivity index (χ2n) is 21.4. The highest BCUT2D eigenvalue weighted by atomic mass is 16.3. The molecule has 2 heterocycles. The van der Waals surface area contributed by atoms with Crippen molar-refractivity contribution < 1.29 is 4.42 Å². The summed E-state index contributed by atoms with van der Waals surface area (Å²) in [7, 11) is 0. The average Bonchev–Trinajstić information content (AvgIpc) is 3.94. The van der Waals surface area contributed by atoms with Gasteiger partial charge in [0.2, 0.25) is 5.89 Å². The Bertz CT molecular complexity index is 2310. The van der Waals surface area contributed by atoms with E-state index in [4.69, 9.17) is 14.5 Å². The summed E-state index contributed by atoms with van der Waals surface area (Å²) in [6.45, 7) is 16.2. The highest BCUT2D eigenvalue weighted by Crippen LogP contribution is 2.38. The van der Waals surface area contributed by atoms with Gasteiger partial charge in [-0.05, 0) is 114 Å². The molecule has 0 N–H and O–H groups in total. The van der Waals surface area contributed by atoms with Crippen molar-refractivity contribution in [2.75, 3.05) is 0 Å². The molecular formula is C62H85N3O. The van der Waals surface area contributed by atoms with Gasteiger partial charge < -0.3 is 4.42 Å². The smallest absolute Gasteiger partial charge is 0.227 e. The Balaban J connectivity index is 1.12. The van der Waals surface area contributed by atoms with Gasteiger partial charge >= 0.3 is 0 Å². The van der Waals surface area contributed by atoms with Crippen LogP contribution in [-0.4, -0.2) is 14.8 Å². The van der Waals surface area contributed by atoms with Gasteiger partial charge in [-0.1, -0.05) is 225 Å². The van der Waals surface area contributed by atoms with Crippen LogP contribution in [0.2, 0.25) is 0 Å². The fourth-order valence-corrected chi connectivity index (χ4v) is 9.98. The average molecular weight is 888 g/mol. The van der Waals surface area contributed by atoms with Gasteiger partial charge in [-0.25, -0.2) is 9.67 Å². The summed E-state index contributed by atoms with van der Waals surface area (Å²) in [5.41, 5.74) is 12.4. The molecule has 0 atom stereocenters. The fourth-order valence-electron chi connectivity index (χ4n) is 9.98. The van der Waals surface area contributed by atoms with E-state index in [0.717, 1.165) is 53.0 Å². The van der Waals surface area contributed by atoms with Crippen LogP contribution in [0.25, 0.3) is 51.7 Å². The first-order valence-electron chi connectivity index (χ1n) is 26.5. The molecule has 0 aliphatic carbocycles. The van der Waals surface area contributed by atoms with Crippen molar-refractivity contribution in [3.63, 3.8) is 0 Å².